The molecule has 4 nitrogen and oxygen atoms in total. The van der Waals surface area contributed by atoms with Crippen LogP contribution < -0.4 is 4.74 Å². The van der Waals surface area contributed by atoms with Gasteiger partial charge in [-0.1, -0.05) is 48.5 Å². The second-order valence-electron chi connectivity index (χ2n) is 7.94. The molecule has 30 heavy (non-hydrogen) atoms. The monoisotopic (exact) mass is 402 g/mol. The molecule has 1 unspecified atom stereocenters. The van der Waals surface area contributed by atoms with Crippen molar-refractivity contribution < 1.29 is 19.7 Å². The van der Waals surface area contributed by atoms with Gasteiger partial charge in [-0.25, -0.2) is 0 Å². The van der Waals surface area contributed by atoms with Gasteiger partial charge in [-0.3, -0.25) is 4.79 Å². The van der Waals surface area contributed by atoms with Crippen LogP contribution in [0.15, 0.2) is 60.7 Å². The fourth-order valence-electron chi connectivity index (χ4n) is 4.39. The molecule has 0 spiro atoms. The average molecular weight is 402 g/mol. The van der Waals surface area contributed by atoms with Gasteiger partial charge in [0.1, 0.15) is 11.5 Å². The highest BCUT2D eigenvalue weighted by atomic mass is 16.5. The Bertz CT molecular complexity index is 1070. The van der Waals surface area contributed by atoms with E-state index in [1.165, 1.54) is 42.0 Å². The van der Waals surface area contributed by atoms with Crippen LogP contribution in [-0.4, -0.2) is 22.8 Å². The number of fused-ring (bicyclic) bond motifs is 2. The molecular formula is C26H26O4. The normalized spacial score (nSPS) is 16.1. The van der Waals surface area contributed by atoms with Crippen LogP contribution in [-0.2, 0) is 17.6 Å². The zero-order valence-corrected chi connectivity index (χ0v) is 17.1. The van der Waals surface area contributed by atoms with Gasteiger partial charge in [0.2, 0.25) is 0 Å². The van der Waals surface area contributed by atoms with E-state index in [1.807, 2.05) is 0 Å². The van der Waals surface area contributed by atoms with Crippen LogP contribution in [0.25, 0.3) is 11.1 Å². The fourth-order valence-corrected chi connectivity index (χ4v) is 4.39. The summed E-state index contributed by atoms with van der Waals surface area (Å²) in [6.45, 7) is 2.58. The van der Waals surface area contributed by atoms with Crippen LogP contribution in [0, 0.1) is 6.92 Å². The highest BCUT2D eigenvalue weighted by molar-refractivity contribution is 5.72. The minimum atomic E-state index is -0.834. The van der Waals surface area contributed by atoms with Crippen molar-refractivity contribution in [2.45, 2.75) is 38.5 Å². The van der Waals surface area contributed by atoms with Gasteiger partial charge >= 0.3 is 5.97 Å². The molecule has 0 bridgehead atoms. The van der Waals surface area contributed by atoms with E-state index < -0.39 is 5.97 Å². The number of hydrogen-bond donors (Lipinski definition) is 2. The van der Waals surface area contributed by atoms with Crippen molar-refractivity contribution in [2.75, 3.05) is 6.61 Å². The summed E-state index contributed by atoms with van der Waals surface area (Å²) in [6.07, 6.45) is 3.89. The first-order chi connectivity index (χ1) is 14.5. The number of carbonyl (C=O) groups is 1. The Morgan fingerprint density at radius 1 is 1.03 bits per heavy atom. The topological polar surface area (TPSA) is 66.8 Å². The number of aliphatic carboxylic acids is 1. The van der Waals surface area contributed by atoms with Crippen molar-refractivity contribution in [2.24, 2.45) is 0 Å². The van der Waals surface area contributed by atoms with Crippen molar-refractivity contribution in [3.8, 4) is 22.6 Å². The van der Waals surface area contributed by atoms with Crippen LogP contribution in [0.4, 0.5) is 0 Å². The zero-order valence-electron chi connectivity index (χ0n) is 17.1. The molecule has 1 aliphatic carbocycles. The first-order valence-electron chi connectivity index (χ1n) is 10.4. The maximum absolute atomic E-state index is 10.5. The van der Waals surface area contributed by atoms with Crippen LogP contribution in [0.5, 0.6) is 11.5 Å². The predicted molar refractivity (Wildman–Crippen MR) is 117 cm³/mol. The summed E-state index contributed by atoms with van der Waals surface area (Å²) in [5.74, 6) is -0.196. The van der Waals surface area contributed by atoms with Crippen molar-refractivity contribution in [3.05, 3.63) is 82.9 Å². The lowest BCUT2D eigenvalue weighted by Gasteiger charge is -2.10. The molecule has 154 valence electrons. The zero-order chi connectivity index (χ0) is 21.1. The van der Waals surface area contributed by atoms with Gasteiger partial charge in [-0.15, -0.1) is 0 Å². The minimum absolute atomic E-state index is 0.0672. The Morgan fingerprint density at radius 2 is 1.83 bits per heavy atom. The van der Waals surface area contributed by atoms with Gasteiger partial charge in [0.15, 0.2) is 0 Å². The first-order valence-corrected chi connectivity index (χ1v) is 10.4. The third kappa shape index (κ3) is 4.18. The van der Waals surface area contributed by atoms with E-state index in [9.17, 15) is 4.79 Å². The van der Waals surface area contributed by atoms with E-state index in [4.69, 9.17) is 14.9 Å². The number of carboxylic acids is 1. The maximum atomic E-state index is 10.5. The summed E-state index contributed by atoms with van der Waals surface area (Å²) in [7, 11) is 0. The summed E-state index contributed by atoms with van der Waals surface area (Å²) in [4.78, 5) is 10.5. The van der Waals surface area contributed by atoms with Gasteiger partial charge in [0.05, 0.1) is 13.0 Å². The standard InChI is InChI=1S/C16H16.C10H10O4/c1-12-6-2-3-9-14(12)16-11-5-8-13-7-4-10-15(13)16;11-7-1-2-8-6(3-10(12)13)5-14-9(8)4-7/h2-3,5-6,8-9,11H,4,7,10H2,1H3;1-2,4,6,11H,3,5H2,(H,12,13). The third-order valence-electron chi connectivity index (χ3n) is 5.88. The maximum Gasteiger partial charge on any atom is 0.304 e. The number of phenols is 1. The number of aromatic hydroxyl groups is 1. The molecule has 4 heteroatoms. The van der Waals surface area contributed by atoms with Crippen LogP contribution in [0.1, 0.15) is 41.0 Å². The second-order valence-corrected chi connectivity index (χ2v) is 7.94. The van der Waals surface area contributed by atoms with Gasteiger partial charge < -0.3 is 14.9 Å². The van der Waals surface area contributed by atoms with Crippen molar-refractivity contribution >= 4 is 5.97 Å². The molecule has 0 radical (unpaired) electrons. The first kappa shape index (κ1) is 20.0. The minimum Gasteiger partial charge on any atom is -0.508 e. The van der Waals surface area contributed by atoms with E-state index in [-0.39, 0.29) is 18.1 Å². The molecule has 1 heterocycles. The molecule has 1 aliphatic heterocycles. The number of hydrogen-bond acceptors (Lipinski definition) is 3. The highest BCUT2D eigenvalue weighted by Crippen LogP contribution is 2.38. The summed E-state index contributed by atoms with van der Waals surface area (Å²) in [6, 6.07) is 20.2. The largest absolute Gasteiger partial charge is 0.508 e. The van der Waals surface area contributed by atoms with Crippen LogP contribution in [0.3, 0.4) is 0 Å². The quantitative estimate of drug-likeness (QED) is 0.608. The molecule has 0 fully saturated rings. The molecule has 0 saturated carbocycles. The van der Waals surface area contributed by atoms with E-state index >= 15 is 0 Å². The van der Waals surface area contributed by atoms with Crippen molar-refractivity contribution in [1.29, 1.82) is 0 Å². The number of ether oxygens (including phenoxy) is 1. The summed E-state index contributed by atoms with van der Waals surface area (Å²) in [5.41, 5.74) is 8.24. The molecule has 5 rings (SSSR count). The average Bonchev–Trinajstić information content (AvgIpc) is 3.35. The number of benzene rings is 3. The summed E-state index contributed by atoms with van der Waals surface area (Å²) >= 11 is 0. The molecule has 2 aliphatic rings. The Balaban J connectivity index is 0.000000147. The highest BCUT2D eigenvalue weighted by Gasteiger charge is 2.26. The van der Waals surface area contributed by atoms with E-state index in [0.717, 1.165) is 5.56 Å². The number of aryl methyl sites for hydroxylation is 2. The van der Waals surface area contributed by atoms with Crippen molar-refractivity contribution in [3.63, 3.8) is 0 Å². The molecule has 3 aromatic rings. The van der Waals surface area contributed by atoms with Crippen LogP contribution >= 0.6 is 0 Å². The Labute approximate surface area is 176 Å². The molecule has 0 saturated heterocycles. The lowest BCUT2D eigenvalue weighted by molar-refractivity contribution is -0.137. The van der Waals surface area contributed by atoms with Gasteiger partial charge in [-0.05, 0) is 60.1 Å². The van der Waals surface area contributed by atoms with Gasteiger partial charge in [0.25, 0.3) is 0 Å². The fraction of sp³-hybridized carbons (Fsp3) is 0.269. The lowest BCUT2D eigenvalue weighted by atomic mass is 9.94. The van der Waals surface area contributed by atoms with Crippen LogP contribution in [0.2, 0.25) is 0 Å². The van der Waals surface area contributed by atoms with E-state index in [2.05, 4.69) is 49.4 Å². The van der Waals surface area contributed by atoms with Gasteiger partial charge in [-0.2, -0.15) is 0 Å². The van der Waals surface area contributed by atoms with Crippen molar-refractivity contribution in [1.82, 2.24) is 0 Å². The van der Waals surface area contributed by atoms with Gasteiger partial charge in [0, 0.05) is 17.5 Å². The number of phenolic OH excluding ortho intramolecular Hbond substituents is 1. The summed E-state index contributed by atoms with van der Waals surface area (Å²) in [5, 5.41) is 17.8. The van der Waals surface area contributed by atoms with E-state index in [0.29, 0.717) is 12.4 Å². The molecule has 0 aromatic heterocycles. The molecule has 3 aromatic carbocycles. The summed E-state index contributed by atoms with van der Waals surface area (Å²) < 4.78 is 5.27. The number of rotatable bonds is 3. The second kappa shape index (κ2) is 8.62. The SMILES string of the molecule is Cc1ccccc1-c1cccc2c1CCC2.O=C(O)CC1COc2cc(O)ccc21. The molecular weight excluding hydrogens is 376 g/mol. The molecule has 0 amide bonds. The smallest absolute Gasteiger partial charge is 0.304 e. The molecule has 1 atom stereocenters. The third-order valence-corrected chi connectivity index (χ3v) is 5.88. The predicted octanol–water partition coefficient (Wildman–Crippen LogP) is 5.49. The lowest BCUT2D eigenvalue weighted by Crippen LogP contribution is -2.07. The Morgan fingerprint density at radius 3 is 2.63 bits per heavy atom. The Hall–Kier alpha value is -3.27. The molecule has 2 N–H and O–H groups in total. The van der Waals surface area contributed by atoms with E-state index in [1.54, 1.807) is 23.3 Å². The number of carboxylic acid groups (broad SMARTS) is 1. The Kier molecular flexibility index (Phi) is 5.75.